The van der Waals surface area contributed by atoms with Crippen LogP contribution in [0.15, 0.2) is 6.33 Å². The molecule has 53 valence electrons. The second kappa shape index (κ2) is 3.23. The summed E-state index contributed by atoms with van der Waals surface area (Å²) < 4.78 is 0. The molecule has 2 rings (SSSR count). The Bertz CT molecular complexity index is 356. The van der Waals surface area contributed by atoms with E-state index in [1.807, 2.05) is 0 Å². The maximum Gasteiger partial charge on any atom is 0.105 e. The van der Waals surface area contributed by atoms with Gasteiger partial charge in [0, 0.05) is 32.7 Å². The smallest absolute Gasteiger partial charge is 0.105 e. The molecule has 0 spiro atoms. The molecule has 0 unspecified atom stereocenters. The van der Waals surface area contributed by atoms with Crippen molar-refractivity contribution in [3.63, 3.8) is 0 Å². The minimum atomic E-state index is 0. The quantitative estimate of drug-likeness (QED) is 0.602. The van der Waals surface area contributed by atoms with Crippen LogP contribution in [-0.4, -0.2) is 19.9 Å². The van der Waals surface area contributed by atoms with Gasteiger partial charge >= 0.3 is 0 Å². The molecule has 5 nitrogen and oxygen atoms in total. The summed E-state index contributed by atoms with van der Waals surface area (Å²) in [5.74, 6) is 0.194. The zero-order valence-corrected chi connectivity index (χ0v) is 8.41. The summed E-state index contributed by atoms with van der Waals surface area (Å²) in [4.78, 5) is 14.1. The Morgan fingerprint density at radius 2 is 2.36 bits per heavy atom. The van der Waals surface area contributed by atoms with E-state index in [-0.39, 0.29) is 38.7 Å². The molecule has 3 N–H and O–H groups in total. The molecular weight excluding hydrogens is 219 g/mol. The number of nitrogens with two attached hydrogens (primary N) is 1. The molecule has 6 heteroatoms. The Hall–Kier alpha value is -0.546. The fraction of sp³-hybridized carbons (Fsp3) is 0. The summed E-state index contributed by atoms with van der Waals surface area (Å²) in [6.45, 7) is 0. The molecular formula is C5H4N5Y-. The molecule has 0 aliphatic heterocycles. The molecule has 2 aromatic heterocycles. The molecule has 2 aromatic rings. The first-order valence-electron chi connectivity index (χ1n) is 2.70. The predicted octanol–water partition coefficient (Wildman–Crippen LogP) is -0.267. The third-order valence-corrected chi connectivity index (χ3v) is 1.12. The van der Waals surface area contributed by atoms with Crippen LogP contribution in [0.25, 0.3) is 11.2 Å². The monoisotopic (exact) mass is 223 g/mol. The third kappa shape index (κ3) is 1.54. The van der Waals surface area contributed by atoms with Crippen LogP contribution in [0.5, 0.6) is 0 Å². The molecule has 0 atom stereocenters. The van der Waals surface area contributed by atoms with Gasteiger partial charge in [-0.15, -0.1) is 0 Å². The summed E-state index contributed by atoms with van der Waals surface area (Å²) in [5, 5.41) is 0. The van der Waals surface area contributed by atoms with Crippen molar-refractivity contribution in [1.82, 2.24) is 19.9 Å². The third-order valence-electron chi connectivity index (χ3n) is 1.12. The first kappa shape index (κ1) is 8.55. The number of fused-ring (bicyclic) bond motifs is 1. The van der Waals surface area contributed by atoms with E-state index in [0.29, 0.717) is 11.2 Å². The van der Waals surface area contributed by atoms with E-state index >= 15 is 0 Å². The van der Waals surface area contributed by atoms with Crippen molar-refractivity contribution in [3.05, 3.63) is 12.5 Å². The van der Waals surface area contributed by atoms with Crippen LogP contribution in [0, 0.1) is 6.20 Å². The van der Waals surface area contributed by atoms with E-state index < -0.39 is 0 Å². The number of imidazole rings is 1. The number of nitrogens with zero attached hydrogens (tertiary/aromatic N) is 3. The van der Waals surface area contributed by atoms with Crippen molar-refractivity contribution in [2.75, 3.05) is 5.73 Å². The standard InChI is InChI=1S/C5H4N5.Y/c6-5-7-1-3-4(10-5)9-2-8-3;/h2H,(H3,6,7,8,9,10);/q-1;. The Morgan fingerprint density at radius 3 is 3.18 bits per heavy atom. The van der Waals surface area contributed by atoms with Gasteiger partial charge in [0.05, 0.1) is 12.0 Å². The summed E-state index contributed by atoms with van der Waals surface area (Å²) in [6.07, 6.45) is 4.17. The zero-order chi connectivity index (χ0) is 6.97. The Morgan fingerprint density at radius 1 is 1.55 bits per heavy atom. The van der Waals surface area contributed by atoms with E-state index in [1.54, 1.807) is 0 Å². The van der Waals surface area contributed by atoms with Gasteiger partial charge in [-0.05, 0) is 11.7 Å². The van der Waals surface area contributed by atoms with Gasteiger partial charge in [0.15, 0.2) is 0 Å². The number of hydrogen-bond donors (Lipinski definition) is 2. The number of aromatic amines is 1. The molecule has 0 aliphatic rings. The number of rotatable bonds is 0. The largest absolute Gasteiger partial charge is 0.420 e. The number of anilines is 1. The Balaban J connectivity index is 0.000000605. The number of hydrogen-bond acceptors (Lipinski definition) is 4. The summed E-state index contributed by atoms with van der Waals surface area (Å²) in [5.41, 5.74) is 6.50. The van der Waals surface area contributed by atoms with Gasteiger partial charge in [0.2, 0.25) is 0 Å². The van der Waals surface area contributed by atoms with Crippen LogP contribution in [0.3, 0.4) is 0 Å². The van der Waals surface area contributed by atoms with E-state index in [0.717, 1.165) is 0 Å². The minimum absolute atomic E-state index is 0. The van der Waals surface area contributed by atoms with Crippen LogP contribution in [0.2, 0.25) is 0 Å². The summed E-state index contributed by atoms with van der Waals surface area (Å²) in [6, 6.07) is 0. The first-order chi connectivity index (χ1) is 4.86. The van der Waals surface area contributed by atoms with Crippen molar-refractivity contribution in [2.45, 2.75) is 0 Å². The molecule has 0 saturated carbocycles. The molecule has 1 radical (unpaired) electrons. The van der Waals surface area contributed by atoms with Crippen LogP contribution >= 0.6 is 0 Å². The second-order valence-corrected chi connectivity index (χ2v) is 1.79. The van der Waals surface area contributed by atoms with E-state index in [9.17, 15) is 0 Å². The molecule has 0 saturated heterocycles. The first-order valence-corrected chi connectivity index (χ1v) is 2.70. The Labute approximate surface area is 87.7 Å². The number of aromatic nitrogens is 4. The maximum absolute atomic E-state index is 5.28. The van der Waals surface area contributed by atoms with E-state index in [2.05, 4.69) is 26.1 Å². The van der Waals surface area contributed by atoms with Gasteiger partial charge in [0.1, 0.15) is 5.95 Å². The number of nitrogen functional groups attached to an aromatic ring is 1. The van der Waals surface area contributed by atoms with E-state index in [1.165, 1.54) is 6.33 Å². The number of nitrogens with one attached hydrogen (secondary N) is 1. The second-order valence-electron chi connectivity index (χ2n) is 1.79. The van der Waals surface area contributed by atoms with Crippen molar-refractivity contribution < 1.29 is 32.7 Å². The molecule has 0 fully saturated rings. The normalized spacial score (nSPS) is 9.45. The van der Waals surface area contributed by atoms with Gasteiger partial charge < -0.3 is 20.7 Å². The fourth-order valence-corrected chi connectivity index (χ4v) is 0.701. The number of H-pyrrole nitrogens is 1. The maximum atomic E-state index is 5.28. The summed E-state index contributed by atoms with van der Waals surface area (Å²) in [7, 11) is 0. The summed E-state index contributed by atoms with van der Waals surface area (Å²) >= 11 is 0. The van der Waals surface area contributed by atoms with Crippen molar-refractivity contribution in [2.24, 2.45) is 0 Å². The van der Waals surface area contributed by atoms with Crippen LogP contribution in [-0.2, 0) is 32.7 Å². The zero-order valence-electron chi connectivity index (χ0n) is 5.57. The van der Waals surface area contributed by atoms with Gasteiger partial charge in [-0.3, -0.25) is 4.98 Å². The SMILES string of the molecule is Nc1n[c-]c2[nH]cnc2n1.[Y]. The topological polar surface area (TPSA) is 80.5 Å². The Kier molecular flexibility index (Phi) is 2.51. The molecule has 0 amide bonds. The minimum Gasteiger partial charge on any atom is -0.420 e. The van der Waals surface area contributed by atoms with Crippen LogP contribution in [0.1, 0.15) is 0 Å². The van der Waals surface area contributed by atoms with Gasteiger partial charge in [-0.2, -0.15) is 0 Å². The molecule has 11 heavy (non-hydrogen) atoms. The van der Waals surface area contributed by atoms with Gasteiger partial charge in [-0.25, -0.2) is 0 Å². The van der Waals surface area contributed by atoms with Gasteiger partial charge in [0.25, 0.3) is 0 Å². The molecule has 2 heterocycles. The van der Waals surface area contributed by atoms with Crippen molar-refractivity contribution in [1.29, 1.82) is 0 Å². The molecule has 0 aliphatic carbocycles. The van der Waals surface area contributed by atoms with Gasteiger partial charge in [-0.1, -0.05) is 0 Å². The van der Waals surface area contributed by atoms with Crippen LogP contribution < -0.4 is 5.73 Å². The van der Waals surface area contributed by atoms with E-state index in [4.69, 9.17) is 5.73 Å². The van der Waals surface area contributed by atoms with Crippen molar-refractivity contribution in [3.8, 4) is 0 Å². The average Bonchev–Trinajstić information content (AvgIpc) is 2.33. The fourth-order valence-electron chi connectivity index (χ4n) is 0.701. The molecule has 0 aromatic carbocycles. The molecule has 0 bridgehead atoms. The van der Waals surface area contributed by atoms with Crippen molar-refractivity contribution >= 4 is 17.1 Å². The average molecular weight is 223 g/mol. The van der Waals surface area contributed by atoms with Crippen LogP contribution in [0.4, 0.5) is 5.95 Å². The predicted molar refractivity (Wildman–Crippen MR) is 34.9 cm³/mol.